The third-order valence-electron chi connectivity index (χ3n) is 3.68. The van der Waals surface area contributed by atoms with Crippen molar-refractivity contribution in [2.45, 2.75) is 45.6 Å². The summed E-state index contributed by atoms with van der Waals surface area (Å²) < 4.78 is 18.9. The first-order valence-corrected chi connectivity index (χ1v) is 8.45. The number of nitrogen functional groups attached to an aromatic ring is 1. The van der Waals surface area contributed by atoms with E-state index in [1.165, 1.54) is 13.2 Å². The number of halogens is 1. The van der Waals surface area contributed by atoms with Crippen molar-refractivity contribution in [3.05, 3.63) is 24.0 Å². The molecule has 0 aliphatic carbocycles. The summed E-state index contributed by atoms with van der Waals surface area (Å²) in [7, 11) is 1.40. The molecule has 0 aliphatic heterocycles. The standard InChI is InChI=1S/C17H25FN6O/c1-4-7-11(8-5-2)20-16-22-15(19)23-17(24-16)21-13-10-6-9-12(18)14(13)25-3/h6,9-11H,4-5,7-8H2,1-3H3,(H4,19,20,21,22,23,24). The van der Waals surface area contributed by atoms with Crippen LogP contribution in [0.4, 0.5) is 27.9 Å². The van der Waals surface area contributed by atoms with Gasteiger partial charge in [0.25, 0.3) is 0 Å². The van der Waals surface area contributed by atoms with Crippen molar-refractivity contribution in [2.24, 2.45) is 0 Å². The number of nitrogens with two attached hydrogens (primary N) is 1. The Morgan fingerprint density at radius 1 is 1.12 bits per heavy atom. The van der Waals surface area contributed by atoms with Gasteiger partial charge in [-0.15, -0.1) is 0 Å². The number of benzene rings is 1. The zero-order valence-electron chi connectivity index (χ0n) is 14.8. The van der Waals surface area contributed by atoms with Crippen molar-refractivity contribution in [2.75, 3.05) is 23.5 Å². The zero-order chi connectivity index (χ0) is 18.2. The smallest absolute Gasteiger partial charge is 0.233 e. The lowest BCUT2D eigenvalue weighted by Gasteiger charge is -2.18. The maximum atomic E-state index is 13.8. The Morgan fingerprint density at radius 2 is 1.80 bits per heavy atom. The van der Waals surface area contributed by atoms with Crippen LogP contribution in [0.2, 0.25) is 0 Å². The predicted molar refractivity (Wildman–Crippen MR) is 97.7 cm³/mol. The maximum absolute atomic E-state index is 13.8. The van der Waals surface area contributed by atoms with E-state index in [-0.39, 0.29) is 23.7 Å². The summed E-state index contributed by atoms with van der Waals surface area (Å²) in [6.45, 7) is 4.27. The second kappa shape index (κ2) is 9.00. The highest BCUT2D eigenvalue weighted by molar-refractivity contribution is 5.63. The van der Waals surface area contributed by atoms with E-state index in [1.807, 2.05) is 0 Å². The topological polar surface area (TPSA) is 98.0 Å². The lowest BCUT2D eigenvalue weighted by atomic mass is 10.1. The second-order valence-electron chi connectivity index (χ2n) is 5.71. The Kier molecular flexibility index (Phi) is 6.73. The molecule has 4 N–H and O–H groups in total. The van der Waals surface area contributed by atoms with Gasteiger partial charge >= 0.3 is 0 Å². The lowest BCUT2D eigenvalue weighted by Crippen LogP contribution is -2.21. The third kappa shape index (κ3) is 5.17. The molecule has 0 saturated carbocycles. The molecule has 1 aromatic heterocycles. The molecule has 0 atom stereocenters. The molecule has 7 nitrogen and oxygen atoms in total. The Morgan fingerprint density at radius 3 is 2.44 bits per heavy atom. The fourth-order valence-corrected chi connectivity index (χ4v) is 2.62. The highest BCUT2D eigenvalue weighted by atomic mass is 19.1. The quantitative estimate of drug-likeness (QED) is 0.635. The number of nitrogens with one attached hydrogen (secondary N) is 2. The van der Waals surface area contributed by atoms with Gasteiger partial charge in [-0.1, -0.05) is 32.8 Å². The van der Waals surface area contributed by atoms with Gasteiger partial charge in [0.2, 0.25) is 17.8 Å². The normalized spacial score (nSPS) is 10.8. The van der Waals surface area contributed by atoms with Crippen LogP contribution < -0.4 is 21.1 Å². The molecular formula is C17H25FN6O. The fourth-order valence-electron chi connectivity index (χ4n) is 2.62. The van der Waals surface area contributed by atoms with Crippen LogP contribution in [0.15, 0.2) is 18.2 Å². The van der Waals surface area contributed by atoms with Crippen molar-refractivity contribution >= 4 is 23.5 Å². The number of anilines is 4. The second-order valence-corrected chi connectivity index (χ2v) is 5.71. The largest absolute Gasteiger partial charge is 0.492 e. The van der Waals surface area contributed by atoms with Crippen molar-refractivity contribution in [3.63, 3.8) is 0 Å². The lowest BCUT2D eigenvalue weighted by molar-refractivity contribution is 0.388. The Labute approximate surface area is 147 Å². The number of ether oxygens (including phenoxy) is 1. The van der Waals surface area contributed by atoms with Crippen molar-refractivity contribution in [3.8, 4) is 5.75 Å². The minimum Gasteiger partial charge on any atom is -0.492 e. The van der Waals surface area contributed by atoms with E-state index in [1.54, 1.807) is 12.1 Å². The molecule has 2 aromatic rings. The summed E-state index contributed by atoms with van der Waals surface area (Å²) in [5, 5.41) is 6.24. The molecule has 0 bridgehead atoms. The van der Waals surface area contributed by atoms with Gasteiger partial charge in [-0.2, -0.15) is 15.0 Å². The first-order valence-electron chi connectivity index (χ1n) is 8.45. The molecule has 0 radical (unpaired) electrons. The van der Waals surface area contributed by atoms with Crippen LogP contribution in [0.3, 0.4) is 0 Å². The number of methoxy groups -OCH3 is 1. The Bertz CT molecular complexity index is 691. The summed E-state index contributed by atoms with van der Waals surface area (Å²) in [5.74, 6) is 0.328. The van der Waals surface area contributed by atoms with E-state index >= 15 is 0 Å². The monoisotopic (exact) mass is 348 g/mol. The Hall–Kier alpha value is -2.64. The molecule has 0 unspecified atom stereocenters. The van der Waals surface area contributed by atoms with E-state index in [9.17, 15) is 4.39 Å². The summed E-state index contributed by atoms with van der Waals surface area (Å²) in [4.78, 5) is 12.5. The molecule has 0 amide bonds. The van der Waals surface area contributed by atoms with Gasteiger partial charge in [0.05, 0.1) is 12.8 Å². The number of hydrogen-bond acceptors (Lipinski definition) is 7. The molecule has 1 aromatic carbocycles. The van der Waals surface area contributed by atoms with Crippen LogP contribution in [0, 0.1) is 5.82 Å². The Balaban J connectivity index is 2.23. The minimum atomic E-state index is -0.473. The maximum Gasteiger partial charge on any atom is 0.233 e. The average Bonchev–Trinajstić information content (AvgIpc) is 2.55. The third-order valence-corrected chi connectivity index (χ3v) is 3.68. The van der Waals surface area contributed by atoms with Gasteiger partial charge in [0, 0.05) is 6.04 Å². The highest BCUT2D eigenvalue weighted by Gasteiger charge is 2.13. The summed E-state index contributed by atoms with van der Waals surface area (Å²) in [6, 6.07) is 4.83. The van der Waals surface area contributed by atoms with Gasteiger partial charge < -0.3 is 21.1 Å². The van der Waals surface area contributed by atoms with E-state index in [4.69, 9.17) is 10.5 Å². The van der Waals surface area contributed by atoms with Gasteiger partial charge in [0.1, 0.15) is 0 Å². The first kappa shape index (κ1) is 18.7. The van der Waals surface area contributed by atoms with Gasteiger partial charge in [-0.05, 0) is 25.0 Å². The molecule has 0 spiro atoms. The van der Waals surface area contributed by atoms with Gasteiger partial charge in [-0.25, -0.2) is 4.39 Å². The van der Waals surface area contributed by atoms with E-state index in [0.717, 1.165) is 25.7 Å². The first-order chi connectivity index (χ1) is 12.1. The van der Waals surface area contributed by atoms with Crippen LogP contribution in [-0.2, 0) is 0 Å². The van der Waals surface area contributed by atoms with E-state index in [0.29, 0.717) is 11.6 Å². The number of aromatic nitrogens is 3. The zero-order valence-corrected chi connectivity index (χ0v) is 14.8. The van der Waals surface area contributed by atoms with Gasteiger partial charge in [0.15, 0.2) is 11.6 Å². The van der Waals surface area contributed by atoms with Crippen molar-refractivity contribution in [1.82, 2.24) is 15.0 Å². The highest BCUT2D eigenvalue weighted by Crippen LogP contribution is 2.29. The van der Waals surface area contributed by atoms with E-state index in [2.05, 4.69) is 39.4 Å². The molecule has 25 heavy (non-hydrogen) atoms. The molecule has 0 saturated heterocycles. The van der Waals surface area contributed by atoms with Crippen molar-refractivity contribution in [1.29, 1.82) is 0 Å². The fraction of sp³-hybridized carbons (Fsp3) is 0.471. The minimum absolute atomic E-state index is 0.0853. The molecule has 136 valence electrons. The summed E-state index contributed by atoms with van der Waals surface area (Å²) in [5.41, 5.74) is 6.20. The van der Waals surface area contributed by atoms with Gasteiger partial charge in [-0.3, -0.25) is 0 Å². The summed E-state index contributed by atoms with van der Waals surface area (Å²) in [6.07, 6.45) is 4.15. The predicted octanol–water partition coefficient (Wildman–Crippen LogP) is 3.73. The van der Waals surface area contributed by atoms with Crippen molar-refractivity contribution < 1.29 is 9.13 Å². The molecule has 2 rings (SSSR count). The molecular weight excluding hydrogens is 323 g/mol. The number of nitrogens with zero attached hydrogens (tertiary/aromatic N) is 3. The number of hydrogen-bond donors (Lipinski definition) is 3. The van der Waals surface area contributed by atoms with Crippen LogP contribution in [-0.4, -0.2) is 28.1 Å². The number of para-hydroxylation sites is 1. The summed E-state index contributed by atoms with van der Waals surface area (Å²) >= 11 is 0. The molecule has 1 heterocycles. The molecule has 8 heteroatoms. The van der Waals surface area contributed by atoms with E-state index < -0.39 is 5.82 Å². The van der Waals surface area contributed by atoms with Crippen LogP contribution in [0.5, 0.6) is 5.75 Å². The van der Waals surface area contributed by atoms with Crippen LogP contribution >= 0.6 is 0 Å². The average molecular weight is 348 g/mol. The van der Waals surface area contributed by atoms with Crippen LogP contribution in [0.1, 0.15) is 39.5 Å². The molecule has 0 aliphatic rings. The number of rotatable bonds is 9. The van der Waals surface area contributed by atoms with Crippen LogP contribution in [0.25, 0.3) is 0 Å². The molecule has 0 fully saturated rings. The SMILES string of the molecule is CCCC(CCC)Nc1nc(N)nc(Nc2cccc(F)c2OC)n1.